The van der Waals surface area contributed by atoms with Crippen LogP contribution in [0.2, 0.25) is 0 Å². The highest BCUT2D eigenvalue weighted by Crippen LogP contribution is 2.07. The third-order valence-corrected chi connectivity index (χ3v) is 3.16. The lowest BCUT2D eigenvalue weighted by atomic mass is 9.75. The predicted molar refractivity (Wildman–Crippen MR) is 79.0 cm³/mol. The predicted octanol–water partition coefficient (Wildman–Crippen LogP) is 1.57. The summed E-state index contributed by atoms with van der Waals surface area (Å²) in [5.74, 6) is 0.765. The Kier molecular flexibility index (Phi) is 3.35. The number of carbonyl (C=O) groups is 1. The summed E-state index contributed by atoms with van der Waals surface area (Å²) in [6, 6.07) is 17.1. The fraction of sp³-hybridized carbons (Fsp3) is 0.0667. The highest BCUT2D eigenvalue weighted by atomic mass is 16.6. The Balaban J connectivity index is 1.82. The fourth-order valence-corrected chi connectivity index (χ4v) is 2.04. The molecule has 0 fully saturated rings. The van der Waals surface area contributed by atoms with Gasteiger partial charge in [0.2, 0.25) is 0 Å². The summed E-state index contributed by atoms with van der Waals surface area (Å²) in [4.78, 5) is 15.7. The molecule has 0 saturated carbocycles. The van der Waals surface area contributed by atoms with Crippen molar-refractivity contribution in [2.75, 3.05) is 0 Å². The summed E-state index contributed by atoms with van der Waals surface area (Å²) in [6.45, 7) is 1.55. The highest BCUT2D eigenvalue weighted by Gasteiger charge is 2.27. The lowest BCUT2D eigenvalue weighted by Gasteiger charge is -2.03. The number of ketones is 1. The van der Waals surface area contributed by atoms with E-state index in [1.54, 1.807) is 19.1 Å². The highest BCUT2D eigenvalue weighted by molar-refractivity contribution is 6.68. The van der Waals surface area contributed by atoms with Crippen molar-refractivity contribution in [2.45, 2.75) is 6.92 Å². The van der Waals surface area contributed by atoms with Crippen molar-refractivity contribution in [3.05, 3.63) is 65.7 Å². The molecule has 0 aliphatic carbocycles. The molecule has 2 aromatic carbocycles. The van der Waals surface area contributed by atoms with Gasteiger partial charge in [0.1, 0.15) is 5.84 Å². The Bertz CT molecular complexity index is 653. The summed E-state index contributed by atoms with van der Waals surface area (Å²) in [7, 11) is -0.383. The Morgan fingerprint density at radius 1 is 1.10 bits per heavy atom. The van der Waals surface area contributed by atoms with Crippen molar-refractivity contribution in [1.82, 2.24) is 5.48 Å². The minimum atomic E-state index is -0.383. The Labute approximate surface area is 117 Å². The van der Waals surface area contributed by atoms with E-state index in [2.05, 4.69) is 10.4 Å². The van der Waals surface area contributed by atoms with E-state index in [9.17, 15) is 4.79 Å². The van der Waals surface area contributed by atoms with Gasteiger partial charge < -0.3 is 0 Å². The van der Waals surface area contributed by atoms with E-state index >= 15 is 0 Å². The number of carbonyl (C=O) groups excluding carboxylic acids is 1. The van der Waals surface area contributed by atoms with Crippen molar-refractivity contribution < 1.29 is 9.55 Å². The number of nitrogens with one attached hydrogen (secondary N) is 1. The van der Waals surface area contributed by atoms with Crippen LogP contribution in [0, 0.1) is 0 Å². The molecule has 1 heterocycles. The molecule has 5 heteroatoms. The summed E-state index contributed by atoms with van der Waals surface area (Å²) < 4.78 is 5.47. The molecule has 3 rings (SSSR count). The molecule has 20 heavy (non-hydrogen) atoms. The lowest BCUT2D eigenvalue weighted by molar-refractivity contribution is 0.101. The van der Waals surface area contributed by atoms with Crippen molar-refractivity contribution in [1.29, 1.82) is 0 Å². The number of amidine groups is 1. The van der Waals surface area contributed by atoms with Crippen molar-refractivity contribution >= 4 is 24.1 Å². The number of hydrogen-bond donors (Lipinski definition) is 1. The van der Waals surface area contributed by atoms with E-state index in [-0.39, 0.29) is 12.8 Å². The van der Waals surface area contributed by atoms with Crippen LogP contribution in [-0.4, -0.2) is 18.7 Å². The summed E-state index contributed by atoms with van der Waals surface area (Å²) >= 11 is 0. The molecular weight excluding hydrogens is 251 g/mol. The molecule has 1 aliphatic rings. The second-order valence-corrected chi connectivity index (χ2v) is 4.59. The van der Waals surface area contributed by atoms with E-state index in [1.165, 1.54) is 0 Å². The Morgan fingerprint density at radius 2 is 1.80 bits per heavy atom. The normalized spacial score (nSPS) is 13.8. The van der Waals surface area contributed by atoms with Crippen LogP contribution in [0.1, 0.15) is 22.8 Å². The number of Topliss-reactive ketones (excluding diaryl/α,β-unsaturated/α-hetero) is 1. The average Bonchev–Trinajstić information content (AvgIpc) is 2.98. The maximum Gasteiger partial charge on any atom is 0.496 e. The Morgan fingerprint density at radius 3 is 2.45 bits per heavy atom. The van der Waals surface area contributed by atoms with Gasteiger partial charge in [-0.15, -0.1) is 0 Å². The largest absolute Gasteiger partial charge is 0.496 e. The van der Waals surface area contributed by atoms with Gasteiger partial charge in [0.15, 0.2) is 5.78 Å². The molecule has 0 bridgehead atoms. The molecule has 0 aromatic heterocycles. The third kappa shape index (κ3) is 2.48. The van der Waals surface area contributed by atoms with Crippen molar-refractivity contribution in [2.24, 2.45) is 4.90 Å². The SMILES string of the molecule is CC(=O)c1ccc(B2N=C(c3ccccc3)NO2)cc1. The molecule has 0 unspecified atom stereocenters. The molecule has 0 amide bonds. The summed E-state index contributed by atoms with van der Waals surface area (Å²) in [6.07, 6.45) is 0. The third-order valence-electron chi connectivity index (χ3n) is 3.16. The summed E-state index contributed by atoms with van der Waals surface area (Å²) in [5, 5.41) is 0. The molecule has 0 atom stereocenters. The van der Waals surface area contributed by atoms with Gasteiger partial charge in [0, 0.05) is 11.1 Å². The molecule has 0 radical (unpaired) electrons. The first kappa shape index (κ1) is 12.6. The molecule has 0 spiro atoms. The zero-order valence-corrected chi connectivity index (χ0v) is 11.0. The van der Waals surface area contributed by atoms with Crippen LogP contribution in [0.5, 0.6) is 0 Å². The monoisotopic (exact) mass is 264 g/mol. The minimum Gasteiger partial charge on any atom is -0.300 e. The van der Waals surface area contributed by atoms with Gasteiger partial charge in [0.05, 0.1) is 0 Å². The van der Waals surface area contributed by atoms with Crippen LogP contribution in [0.4, 0.5) is 0 Å². The van der Waals surface area contributed by atoms with Gasteiger partial charge in [-0.2, -0.15) is 0 Å². The van der Waals surface area contributed by atoms with Gasteiger partial charge in [-0.25, -0.2) is 0 Å². The minimum absolute atomic E-state index is 0.0514. The second kappa shape index (κ2) is 5.31. The zero-order chi connectivity index (χ0) is 13.9. The van der Waals surface area contributed by atoms with Crippen LogP contribution in [0.3, 0.4) is 0 Å². The van der Waals surface area contributed by atoms with Crippen LogP contribution in [-0.2, 0) is 4.76 Å². The van der Waals surface area contributed by atoms with Crippen molar-refractivity contribution in [3.63, 3.8) is 0 Å². The zero-order valence-electron chi connectivity index (χ0n) is 11.0. The number of nitrogens with zero attached hydrogens (tertiary/aromatic N) is 1. The lowest BCUT2D eigenvalue weighted by Crippen LogP contribution is -2.31. The van der Waals surface area contributed by atoms with Crippen LogP contribution >= 0.6 is 0 Å². The van der Waals surface area contributed by atoms with Gasteiger partial charge in [-0.05, 0) is 12.4 Å². The molecule has 0 saturated heterocycles. The maximum atomic E-state index is 11.2. The Hall–Kier alpha value is -2.40. The molecule has 98 valence electrons. The van der Waals surface area contributed by atoms with E-state index in [0.29, 0.717) is 11.4 Å². The van der Waals surface area contributed by atoms with Gasteiger partial charge >= 0.3 is 7.05 Å². The number of benzene rings is 2. The molecular formula is C15H13BN2O2. The standard InChI is InChI=1S/C15H13BN2O2/c1-11(19)12-7-9-14(10-8-12)16-17-15(18-20-16)13-5-3-2-4-6-13/h2-10H,1H3,(H,17,18). The smallest absolute Gasteiger partial charge is 0.300 e. The fourth-order valence-electron chi connectivity index (χ4n) is 2.04. The average molecular weight is 264 g/mol. The number of hydroxylamine groups is 1. The van der Waals surface area contributed by atoms with Crippen molar-refractivity contribution in [3.8, 4) is 0 Å². The molecule has 4 nitrogen and oxygen atoms in total. The van der Waals surface area contributed by atoms with Crippen LogP contribution < -0.4 is 10.9 Å². The second-order valence-electron chi connectivity index (χ2n) is 4.59. The topological polar surface area (TPSA) is 50.7 Å². The van der Waals surface area contributed by atoms with E-state index in [1.807, 2.05) is 42.5 Å². The van der Waals surface area contributed by atoms with E-state index < -0.39 is 0 Å². The molecule has 1 N–H and O–H groups in total. The number of rotatable bonds is 3. The van der Waals surface area contributed by atoms with E-state index in [4.69, 9.17) is 4.76 Å². The van der Waals surface area contributed by atoms with Gasteiger partial charge in [-0.3, -0.25) is 19.9 Å². The number of hydrogen-bond acceptors (Lipinski definition) is 4. The maximum absolute atomic E-state index is 11.2. The van der Waals surface area contributed by atoms with Crippen LogP contribution in [0.25, 0.3) is 0 Å². The quantitative estimate of drug-likeness (QED) is 0.676. The van der Waals surface area contributed by atoms with Crippen LogP contribution in [0.15, 0.2) is 59.5 Å². The van der Waals surface area contributed by atoms with E-state index in [0.717, 1.165) is 11.0 Å². The van der Waals surface area contributed by atoms with Gasteiger partial charge in [-0.1, -0.05) is 54.6 Å². The summed E-state index contributed by atoms with van der Waals surface area (Å²) in [5.41, 5.74) is 5.42. The van der Waals surface area contributed by atoms with Gasteiger partial charge in [0.25, 0.3) is 0 Å². The molecule has 1 aliphatic heterocycles. The first-order valence-electron chi connectivity index (χ1n) is 6.40. The first-order chi connectivity index (χ1) is 9.74. The molecule has 2 aromatic rings. The first-order valence-corrected chi connectivity index (χ1v) is 6.40.